The third kappa shape index (κ3) is 5.83. The van der Waals surface area contributed by atoms with E-state index in [4.69, 9.17) is 9.84 Å². The standard InChI is InChI=1S/C15H22N2O4/c1-3-9-21-13-7-5-12(6-8-13)17-15(20)14(19)16-11(4-2)10-18/h5-8,11,18H,3-4,9-10H2,1-2H3,(H,16,19)(H,17,20)/t11-/m1/s1. The fourth-order valence-electron chi connectivity index (χ4n) is 1.57. The molecule has 2 amide bonds. The lowest BCUT2D eigenvalue weighted by atomic mass is 10.2. The summed E-state index contributed by atoms with van der Waals surface area (Å²) in [6.45, 7) is 4.27. The lowest BCUT2D eigenvalue weighted by molar-refractivity contribution is -0.136. The van der Waals surface area contributed by atoms with Crippen LogP contribution in [-0.2, 0) is 9.59 Å². The van der Waals surface area contributed by atoms with Crippen LogP contribution in [0.2, 0.25) is 0 Å². The predicted octanol–water partition coefficient (Wildman–Crippen LogP) is 1.30. The van der Waals surface area contributed by atoms with Crippen molar-refractivity contribution in [3.05, 3.63) is 24.3 Å². The van der Waals surface area contributed by atoms with E-state index in [1.807, 2.05) is 13.8 Å². The molecule has 0 radical (unpaired) electrons. The molecule has 0 saturated heterocycles. The second kappa shape index (κ2) is 8.97. The predicted molar refractivity (Wildman–Crippen MR) is 80.2 cm³/mol. The lowest BCUT2D eigenvalue weighted by Crippen LogP contribution is -2.43. The van der Waals surface area contributed by atoms with Gasteiger partial charge in [-0.15, -0.1) is 0 Å². The van der Waals surface area contributed by atoms with Crippen LogP contribution in [0.15, 0.2) is 24.3 Å². The van der Waals surface area contributed by atoms with Gasteiger partial charge in [-0.1, -0.05) is 13.8 Å². The van der Waals surface area contributed by atoms with Crippen LogP contribution in [0.1, 0.15) is 26.7 Å². The molecule has 1 aromatic rings. The smallest absolute Gasteiger partial charge is 0.313 e. The highest BCUT2D eigenvalue weighted by atomic mass is 16.5. The van der Waals surface area contributed by atoms with Crippen LogP contribution < -0.4 is 15.4 Å². The van der Waals surface area contributed by atoms with Crippen molar-refractivity contribution in [3.63, 3.8) is 0 Å². The largest absolute Gasteiger partial charge is 0.494 e. The number of aliphatic hydroxyl groups excluding tert-OH is 1. The van der Waals surface area contributed by atoms with E-state index in [2.05, 4.69) is 10.6 Å². The second-order valence-electron chi connectivity index (χ2n) is 4.59. The molecule has 1 aromatic carbocycles. The Morgan fingerprint density at radius 1 is 1.19 bits per heavy atom. The number of rotatable bonds is 7. The second-order valence-corrected chi connectivity index (χ2v) is 4.59. The molecule has 116 valence electrons. The number of carbonyl (C=O) groups is 2. The van der Waals surface area contributed by atoms with Gasteiger partial charge in [0.05, 0.1) is 19.3 Å². The number of aliphatic hydroxyl groups is 1. The number of amides is 2. The molecule has 0 aromatic heterocycles. The maximum Gasteiger partial charge on any atom is 0.313 e. The molecule has 1 rings (SSSR count). The normalized spacial score (nSPS) is 11.6. The summed E-state index contributed by atoms with van der Waals surface area (Å²) in [6, 6.07) is 6.38. The topological polar surface area (TPSA) is 87.7 Å². The molecular weight excluding hydrogens is 272 g/mol. The molecule has 6 heteroatoms. The van der Waals surface area contributed by atoms with E-state index < -0.39 is 17.9 Å². The van der Waals surface area contributed by atoms with Gasteiger partial charge in [-0.2, -0.15) is 0 Å². The van der Waals surface area contributed by atoms with Gasteiger partial charge in [0.2, 0.25) is 0 Å². The van der Waals surface area contributed by atoms with E-state index in [1.165, 1.54) is 0 Å². The molecule has 0 saturated carbocycles. The maximum atomic E-state index is 11.7. The minimum Gasteiger partial charge on any atom is -0.494 e. The lowest BCUT2D eigenvalue weighted by Gasteiger charge is -2.13. The van der Waals surface area contributed by atoms with Crippen LogP contribution in [0, 0.1) is 0 Å². The van der Waals surface area contributed by atoms with Crippen molar-refractivity contribution in [3.8, 4) is 5.75 Å². The van der Waals surface area contributed by atoms with E-state index in [0.29, 0.717) is 24.5 Å². The highest BCUT2D eigenvalue weighted by molar-refractivity contribution is 6.39. The molecular formula is C15H22N2O4. The van der Waals surface area contributed by atoms with Crippen LogP contribution in [0.4, 0.5) is 5.69 Å². The Balaban J connectivity index is 2.52. The summed E-state index contributed by atoms with van der Waals surface area (Å²) < 4.78 is 5.42. The molecule has 0 fully saturated rings. The Morgan fingerprint density at radius 2 is 1.86 bits per heavy atom. The Kier molecular flexibility index (Phi) is 7.25. The first kappa shape index (κ1) is 17.0. The van der Waals surface area contributed by atoms with Crippen LogP contribution in [-0.4, -0.2) is 36.2 Å². The van der Waals surface area contributed by atoms with Gasteiger partial charge in [-0.25, -0.2) is 0 Å². The molecule has 0 bridgehead atoms. The summed E-state index contributed by atoms with van der Waals surface area (Å²) in [5.74, 6) is -0.808. The van der Waals surface area contributed by atoms with Crippen LogP contribution >= 0.6 is 0 Å². The van der Waals surface area contributed by atoms with Gasteiger partial charge in [-0.3, -0.25) is 9.59 Å². The number of anilines is 1. The number of ether oxygens (including phenoxy) is 1. The summed E-state index contributed by atoms with van der Waals surface area (Å²) in [4.78, 5) is 23.3. The highest BCUT2D eigenvalue weighted by Crippen LogP contribution is 2.15. The first-order chi connectivity index (χ1) is 10.1. The van der Waals surface area contributed by atoms with Crippen molar-refractivity contribution >= 4 is 17.5 Å². The first-order valence-electron chi connectivity index (χ1n) is 7.06. The van der Waals surface area contributed by atoms with E-state index in [0.717, 1.165) is 6.42 Å². The third-order valence-corrected chi connectivity index (χ3v) is 2.84. The summed E-state index contributed by atoms with van der Waals surface area (Å²) in [7, 11) is 0. The van der Waals surface area contributed by atoms with Gasteiger partial charge < -0.3 is 20.5 Å². The monoisotopic (exact) mass is 294 g/mol. The molecule has 0 aliphatic heterocycles. The van der Waals surface area contributed by atoms with Crippen molar-refractivity contribution in [1.82, 2.24) is 5.32 Å². The van der Waals surface area contributed by atoms with Crippen molar-refractivity contribution in [1.29, 1.82) is 0 Å². The Morgan fingerprint density at radius 3 is 2.38 bits per heavy atom. The molecule has 21 heavy (non-hydrogen) atoms. The minimum absolute atomic E-state index is 0.195. The van der Waals surface area contributed by atoms with Crippen LogP contribution in [0.3, 0.4) is 0 Å². The first-order valence-corrected chi connectivity index (χ1v) is 7.06. The summed E-state index contributed by atoms with van der Waals surface area (Å²) in [5, 5.41) is 13.9. The quantitative estimate of drug-likeness (QED) is 0.661. The molecule has 0 heterocycles. The Hall–Kier alpha value is -2.08. The Labute approximate surface area is 124 Å². The Bertz CT molecular complexity index is 455. The summed E-state index contributed by atoms with van der Waals surface area (Å²) in [5.41, 5.74) is 0.510. The number of hydrogen-bond donors (Lipinski definition) is 3. The number of hydrogen-bond acceptors (Lipinski definition) is 4. The molecule has 0 aliphatic rings. The zero-order valence-electron chi connectivity index (χ0n) is 12.4. The van der Waals surface area contributed by atoms with E-state index in [-0.39, 0.29) is 6.61 Å². The van der Waals surface area contributed by atoms with E-state index in [1.54, 1.807) is 24.3 Å². The third-order valence-electron chi connectivity index (χ3n) is 2.84. The number of nitrogens with one attached hydrogen (secondary N) is 2. The van der Waals surface area contributed by atoms with Gasteiger partial charge in [0.25, 0.3) is 0 Å². The van der Waals surface area contributed by atoms with E-state index in [9.17, 15) is 9.59 Å². The van der Waals surface area contributed by atoms with Gasteiger partial charge in [0.15, 0.2) is 0 Å². The van der Waals surface area contributed by atoms with Gasteiger partial charge in [0.1, 0.15) is 5.75 Å². The van der Waals surface area contributed by atoms with Crippen LogP contribution in [0.25, 0.3) is 0 Å². The van der Waals surface area contributed by atoms with Crippen LogP contribution in [0.5, 0.6) is 5.75 Å². The summed E-state index contributed by atoms with van der Waals surface area (Å²) in [6.07, 6.45) is 1.47. The fraction of sp³-hybridized carbons (Fsp3) is 0.467. The van der Waals surface area contributed by atoms with Crippen molar-refractivity contribution < 1.29 is 19.4 Å². The van der Waals surface area contributed by atoms with Crippen molar-refractivity contribution in [2.75, 3.05) is 18.5 Å². The molecule has 0 unspecified atom stereocenters. The molecule has 6 nitrogen and oxygen atoms in total. The van der Waals surface area contributed by atoms with Gasteiger partial charge in [0, 0.05) is 5.69 Å². The van der Waals surface area contributed by atoms with Crippen molar-refractivity contribution in [2.45, 2.75) is 32.7 Å². The SMILES string of the molecule is CCCOc1ccc(NC(=O)C(=O)N[C@H](CC)CO)cc1. The van der Waals surface area contributed by atoms with Crippen molar-refractivity contribution in [2.24, 2.45) is 0 Å². The molecule has 0 aliphatic carbocycles. The van der Waals surface area contributed by atoms with Gasteiger partial charge in [-0.05, 0) is 37.1 Å². The molecule has 0 spiro atoms. The number of benzene rings is 1. The molecule has 3 N–H and O–H groups in total. The average Bonchev–Trinajstić information content (AvgIpc) is 2.51. The summed E-state index contributed by atoms with van der Waals surface area (Å²) >= 11 is 0. The average molecular weight is 294 g/mol. The zero-order chi connectivity index (χ0) is 15.7. The highest BCUT2D eigenvalue weighted by Gasteiger charge is 2.17. The fourth-order valence-corrected chi connectivity index (χ4v) is 1.57. The maximum absolute atomic E-state index is 11.7. The van der Waals surface area contributed by atoms with Gasteiger partial charge >= 0.3 is 11.8 Å². The number of carbonyl (C=O) groups excluding carboxylic acids is 2. The minimum atomic E-state index is -0.762. The molecule has 1 atom stereocenters. The zero-order valence-corrected chi connectivity index (χ0v) is 12.4. The van der Waals surface area contributed by atoms with E-state index >= 15 is 0 Å².